The number of phenolic OH excluding ortho intramolecular Hbond substituents is 3. The number of carboxylic acids is 1. The van der Waals surface area contributed by atoms with E-state index >= 15 is 0 Å². The molecule has 3 aromatic carbocycles. The van der Waals surface area contributed by atoms with Crippen LogP contribution in [0.2, 0.25) is 0 Å². The summed E-state index contributed by atoms with van der Waals surface area (Å²) in [4.78, 5) is 25.2. The maximum absolute atomic E-state index is 12.4. The van der Waals surface area contributed by atoms with Crippen LogP contribution in [0.25, 0.3) is 21.6 Å². The molecule has 0 spiro atoms. The van der Waals surface area contributed by atoms with Gasteiger partial charge < -0.3 is 25.7 Å². The highest BCUT2D eigenvalue weighted by atomic mass is 32.1. The normalized spacial score (nSPS) is 10.7. The summed E-state index contributed by atoms with van der Waals surface area (Å²) in [5.41, 5.74) is 3.46. The number of rotatable bonds is 7. The maximum atomic E-state index is 12.4. The van der Waals surface area contributed by atoms with Crippen molar-refractivity contribution in [2.45, 2.75) is 12.8 Å². The Labute approximate surface area is 199 Å². The molecule has 0 bridgehead atoms. The summed E-state index contributed by atoms with van der Waals surface area (Å²) in [6.07, 6.45) is -0.277. The Morgan fingerprint density at radius 1 is 0.794 bits per heavy atom. The highest BCUT2D eigenvalue weighted by Gasteiger charge is 2.15. The Balaban J connectivity index is 1.51. The van der Waals surface area contributed by atoms with Crippen molar-refractivity contribution in [2.24, 2.45) is 0 Å². The molecular formula is C26H21NO6S. The molecule has 8 heteroatoms. The number of thiophene rings is 1. The predicted molar refractivity (Wildman–Crippen MR) is 130 cm³/mol. The molecule has 4 aromatic rings. The summed E-state index contributed by atoms with van der Waals surface area (Å²) in [5.74, 6) is -2.32. The third kappa shape index (κ3) is 5.19. The first-order chi connectivity index (χ1) is 16.3. The number of aromatic hydroxyl groups is 3. The molecule has 4 rings (SSSR count). The topological polar surface area (TPSA) is 127 Å². The van der Waals surface area contributed by atoms with Crippen molar-refractivity contribution in [3.05, 3.63) is 83.2 Å². The molecule has 0 aliphatic heterocycles. The molecule has 0 radical (unpaired) electrons. The van der Waals surface area contributed by atoms with Crippen molar-refractivity contribution in [2.75, 3.05) is 5.32 Å². The Bertz CT molecular complexity index is 1340. The SMILES string of the molecule is O=C(O)Cc1ccc(-c2ccccc2-c2ccc(NC(=O)Cc3c(O)cc(O)cc3O)cc2)s1. The molecule has 1 amide bonds. The van der Waals surface area contributed by atoms with E-state index in [0.29, 0.717) is 5.69 Å². The second-order valence-electron chi connectivity index (χ2n) is 7.65. The molecule has 5 N–H and O–H groups in total. The number of nitrogens with one attached hydrogen (secondary N) is 1. The summed E-state index contributed by atoms with van der Waals surface area (Å²) in [5, 5.41) is 40.9. The first-order valence-electron chi connectivity index (χ1n) is 10.3. The summed E-state index contributed by atoms with van der Waals surface area (Å²) >= 11 is 1.44. The van der Waals surface area contributed by atoms with Crippen LogP contribution in [-0.4, -0.2) is 32.3 Å². The van der Waals surface area contributed by atoms with Gasteiger partial charge in [0.05, 0.1) is 12.8 Å². The van der Waals surface area contributed by atoms with Crippen molar-refractivity contribution >= 4 is 28.9 Å². The molecule has 0 aliphatic rings. The third-order valence-corrected chi connectivity index (χ3v) is 6.30. The van der Waals surface area contributed by atoms with Gasteiger partial charge in [-0.3, -0.25) is 9.59 Å². The number of anilines is 1. The van der Waals surface area contributed by atoms with E-state index in [4.69, 9.17) is 5.11 Å². The van der Waals surface area contributed by atoms with Crippen LogP contribution in [0.5, 0.6) is 17.2 Å². The number of carbonyl (C=O) groups is 2. The fourth-order valence-corrected chi connectivity index (χ4v) is 4.66. The van der Waals surface area contributed by atoms with E-state index in [2.05, 4.69) is 5.32 Å². The molecule has 1 aromatic heterocycles. The van der Waals surface area contributed by atoms with E-state index in [1.54, 1.807) is 12.1 Å². The molecule has 172 valence electrons. The molecule has 0 saturated heterocycles. The molecule has 0 saturated carbocycles. The van der Waals surface area contributed by atoms with Crippen LogP contribution in [0.15, 0.2) is 72.8 Å². The van der Waals surface area contributed by atoms with Crippen LogP contribution in [-0.2, 0) is 22.4 Å². The predicted octanol–water partition coefficient (Wildman–Crippen LogP) is 5.01. The molecule has 0 fully saturated rings. The smallest absolute Gasteiger partial charge is 0.308 e. The van der Waals surface area contributed by atoms with Crippen molar-refractivity contribution in [1.29, 1.82) is 0 Å². The van der Waals surface area contributed by atoms with E-state index in [1.165, 1.54) is 11.3 Å². The molecule has 0 aliphatic carbocycles. The highest BCUT2D eigenvalue weighted by Crippen LogP contribution is 2.37. The van der Waals surface area contributed by atoms with Gasteiger partial charge in [-0.05, 0) is 41.0 Å². The number of benzene rings is 3. The monoisotopic (exact) mass is 475 g/mol. The van der Waals surface area contributed by atoms with Crippen molar-refractivity contribution in [3.63, 3.8) is 0 Å². The quantitative estimate of drug-likeness (QED) is 0.256. The maximum Gasteiger partial charge on any atom is 0.308 e. The first kappa shape index (κ1) is 22.9. The zero-order chi connectivity index (χ0) is 24.2. The number of carboxylic acid groups (broad SMARTS) is 1. The van der Waals surface area contributed by atoms with E-state index in [0.717, 1.165) is 38.6 Å². The largest absolute Gasteiger partial charge is 0.508 e. The van der Waals surface area contributed by atoms with Gasteiger partial charge in [-0.25, -0.2) is 0 Å². The van der Waals surface area contributed by atoms with E-state index in [1.807, 2.05) is 48.5 Å². The third-order valence-electron chi connectivity index (χ3n) is 5.18. The average Bonchev–Trinajstić information content (AvgIpc) is 3.24. The second kappa shape index (κ2) is 9.68. The lowest BCUT2D eigenvalue weighted by atomic mass is 9.98. The van der Waals surface area contributed by atoms with Crippen molar-refractivity contribution in [1.82, 2.24) is 0 Å². The van der Waals surface area contributed by atoms with Crippen LogP contribution in [0, 0.1) is 0 Å². The van der Waals surface area contributed by atoms with Gasteiger partial charge in [-0.2, -0.15) is 0 Å². The zero-order valence-electron chi connectivity index (χ0n) is 17.9. The van der Waals surface area contributed by atoms with E-state index in [9.17, 15) is 24.9 Å². The lowest BCUT2D eigenvalue weighted by molar-refractivity contribution is -0.136. The molecule has 7 nitrogen and oxygen atoms in total. The van der Waals surface area contributed by atoms with Gasteiger partial charge in [0.1, 0.15) is 17.2 Å². The van der Waals surface area contributed by atoms with Gasteiger partial charge in [0.15, 0.2) is 0 Å². The molecule has 1 heterocycles. The molecule has 0 unspecified atom stereocenters. The number of amides is 1. The van der Waals surface area contributed by atoms with E-state index < -0.39 is 11.9 Å². The Morgan fingerprint density at radius 2 is 1.44 bits per heavy atom. The Morgan fingerprint density at radius 3 is 2.09 bits per heavy atom. The minimum absolute atomic E-state index is 0.0130. The average molecular weight is 476 g/mol. The van der Waals surface area contributed by atoms with Crippen LogP contribution < -0.4 is 5.32 Å². The van der Waals surface area contributed by atoms with Crippen LogP contribution in [0.1, 0.15) is 10.4 Å². The Hall–Kier alpha value is -4.30. The molecule has 34 heavy (non-hydrogen) atoms. The molecular weight excluding hydrogens is 454 g/mol. The summed E-state index contributed by atoms with van der Waals surface area (Å²) in [6.45, 7) is 0. The highest BCUT2D eigenvalue weighted by molar-refractivity contribution is 7.15. The zero-order valence-corrected chi connectivity index (χ0v) is 18.7. The standard InChI is InChI=1S/C26H21NO6S/c28-17-11-22(29)21(23(30)12-17)14-25(31)27-16-7-5-15(6-8-16)19-3-1-2-4-20(19)24-10-9-18(34-24)13-26(32)33/h1-12,28-30H,13-14H2,(H,27,31)(H,32,33). The van der Waals surface area contributed by atoms with Crippen LogP contribution >= 0.6 is 11.3 Å². The summed E-state index contributed by atoms with van der Waals surface area (Å²) in [6, 6.07) is 20.9. The fraction of sp³-hybridized carbons (Fsp3) is 0.0769. The summed E-state index contributed by atoms with van der Waals surface area (Å²) in [7, 11) is 0. The minimum atomic E-state index is -0.866. The van der Waals surface area contributed by atoms with Crippen LogP contribution in [0.3, 0.4) is 0 Å². The number of carbonyl (C=O) groups excluding carboxylic acids is 1. The van der Waals surface area contributed by atoms with Gasteiger partial charge in [0.2, 0.25) is 5.91 Å². The summed E-state index contributed by atoms with van der Waals surface area (Å²) < 4.78 is 0. The number of hydrogen-bond acceptors (Lipinski definition) is 6. The lowest BCUT2D eigenvalue weighted by Crippen LogP contribution is -2.14. The number of aliphatic carboxylic acids is 1. The van der Waals surface area contributed by atoms with Crippen molar-refractivity contribution < 1.29 is 30.0 Å². The minimum Gasteiger partial charge on any atom is -0.508 e. The van der Waals surface area contributed by atoms with Gasteiger partial charge in [0, 0.05) is 33.1 Å². The van der Waals surface area contributed by atoms with Gasteiger partial charge in [0.25, 0.3) is 0 Å². The number of phenols is 3. The lowest BCUT2D eigenvalue weighted by Gasteiger charge is -2.11. The fourth-order valence-electron chi connectivity index (χ4n) is 3.62. The van der Waals surface area contributed by atoms with Crippen molar-refractivity contribution in [3.8, 4) is 38.8 Å². The molecule has 0 atom stereocenters. The van der Waals surface area contributed by atoms with E-state index in [-0.39, 0.29) is 35.7 Å². The van der Waals surface area contributed by atoms with Gasteiger partial charge in [-0.1, -0.05) is 36.4 Å². The number of hydrogen-bond donors (Lipinski definition) is 5. The second-order valence-corrected chi connectivity index (χ2v) is 8.82. The first-order valence-corrected chi connectivity index (χ1v) is 11.2. The van der Waals surface area contributed by atoms with Gasteiger partial charge >= 0.3 is 5.97 Å². The van der Waals surface area contributed by atoms with Crippen LogP contribution in [0.4, 0.5) is 5.69 Å². The van der Waals surface area contributed by atoms with Gasteiger partial charge in [-0.15, -0.1) is 11.3 Å². The Kier molecular flexibility index (Phi) is 6.51.